The summed E-state index contributed by atoms with van der Waals surface area (Å²) in [6.45, 7) is 7.26. The maximum atomic E-state index is 13.2. The zero-order valence-corrected chi connectivity index (χ0v) is 21.2. The van der Waals surface area contributed by atoms with Crippen LogP contribution in [0.2, 0.25) is 0 Å². The van der Waals surface area contributed by atoms with Crippen LogP contribution >= 0.6 is 0 Å². The number of aromatic nitrogens is 3. The summed E-state index contributed by atoms with van der Waals surface area (Å²) < 4.78 is 52.0. The van der Waals surface area contributed by atoms with Crippen molar-refractivity contribution >= 4 is 30.7 Å². The molecule has 0 spiro atoms. The van der Waals surface area contributed by atoms with E-state index in [1.54, 1.807) is 12.1 Å². The number of pyridine rings is 1. The molecule has 0 amide bonds. The summed E-state index contributed by atoms with van der Waals surface area (Å²) >= 11 is 0. The minimum absolute atomic E-state index is 0.0202. The molecule has 33 heavy (non-hydrogen) atoms. The third-order valence-corrected chi connectivity index (χ3v) is 9.04. The smallest absolute Gasteiger partial charge is 0.223 e. The van der Waals surface area contributed by atoms with E-state index >= 15 is 0 Å². The van der Waals surface area contributed by atoms with Crippen LogP contribution in [-0.4, -0.2) is 37.6 Å². The Morgan fingerprint density at radius 3 is 2.21 bits per heavy atom. The molecule has 0 unspecified atom stereocenters. The van der Waals surface area contributed by atoms with Gasteiger partial charge in [-0.2, -0.15) is 0 Å². The van der Waals surface area contributed by atoms with E-state index in [4.69, 9.17) is 4.98 Å². The third-order valence-electron chi connectivity index (χ3n) is 6.28. The van der Waals surface area contributed by atoms with Crippen LogP contribution in [0, 0.1) is 5.92 Å². The fourth-order valence-corrected chi connectivity index (χ4v) is 6.28. The lowest BCUT2D eigenvalue weighted by atomic mass is 9.88. The van der Waals surface area contributed by atoms with E-state index in [2.05, 4.69) is 30.3 Å². The van der Waals surface area contributed by atoms with Gasteiger partial charge in [0, 0.05) is 24.4 Å². The van der Waals surface area contributed by atoms with Crippen LogP contribution < -0.4 is 0 Å². The van der Waals surface area contributed by atoms with Gasteiger partial charge in [-0.1, -0.05) is 40.0 Å². The summed E-state index contributed by atoms with van der Waals surface area (Å²) in [4.78, 5) is 8.86. The summed E-state index contributed by atoms with van der Waals surface area (Å²) in [6.07, 6.45) is 8.38. The second-order valence-corrected chi connectivity index (χ2v) is 14.0. The maximum Gasteiger partial charge on any atom is 0.223 e. The Balaban J connectivity index is 1.76. The highest BCUT2D eigenvalue weighted by atomic mass is 32.2. The summed E-state index contributed by atoms with van der Waals surface area (Å²) in [5.74, 6) is 1.56. The lowest BCUT2D eigenvalue weighted by molar-refractivity contribution is 0.313. The second kappa shape index (κ2) is 8.51. The lowest BCUT2D eigenvalue weighted by Gasteiger charge is -2.26. The number of fused-ring (bicyclic) bond motifs is 1. The number of hydrogen-bond donors (Lipinski definition) is 0. The number of sulfone groups is 2. The Labute approximate surface area is 196 Å². The van der Waals surface area contributed by atoms with E-state index in [0.29, 0.717) is 11.4 Å². The SMILES string of the molecule is CC(C)(C)c1nc2cc(S(=O)(=O)c3ccc(S(C)(=O)=O)cn3)ccc2n1CC1CCCCC1. The monoisotopic (exact) mass is 489 g/mol. The summed E-state index contributed by atoms with van der Waals surface area (Å²) in [5.41, 5.74) is 1.39. The Kier molecular flexibility index (Phi) is 6.16. The molecule has 1 fully saturated rings. The quantitative estimate of drug-likeness (QED) is 0.521. The van der Waals surface area contributed by atoms with Gasteiger partial charge in [0.05, 0.1) is 20.8 Å². The molecule has 2 aromatic heterocycles. The van der Waals surface area contributed by atoms with Crippen molar-refractivity contribution in [2.45, 2.75) is 79.7 Å². The lowest BCUT2D eigenvalue weighted by Crippen LogP contribution is -2.22. The number of nitrogens with zero attached hydrogens (tertiary/aromatic N) is 3. The molecule has 0 radical (unpaired) electrons. The van der Waals surface area contributed by atoms with Gasteiger partial charge in [0.15, 0.2) is 14.9 Å². The highest BCUT2D eigenvalue weighted by Gasteiger charge is 2.27. The number of imidazole rings is 1. The highest BCUT2D eigenvalue weighted by Crippen LogP contribution is 2.32. The number of benzene rings is 1. The molecule has 3 aromatic rings. The second-order valence-electron chi connectivity index (χ2n) is 10.1. The van der Waals surface area contributed by atoms with Crippen molar-refractivity contribution in [3.8, 4) is 0 Å². The summed E-state index contributed by atoms with van der Waals surface area (Å²) in [6, 6.07) is 7.53. The molecule has 0 saturated heterocycles. The van der Waals surface area contributed by atoms with Crippen LogP contribution in [0.5, 0.6) is 0 Å². The van der Waals surface area contributed by atoms with Crippen molar-refractivity contribution in [3.05, 3.63) is 42.4 Å². The normalized spacial score (nSPS) is 16.4. The van der Waals surface area contributed by atoms with Crippen molar-refractivity contribution in [1.29, 1.82) is 0 Å². The van der Waals surface area contributed by atoms with Gasteiger partial charge in [-0.05, 0) is 49.1 Å². The summed E-state index contributed by atoms with van der Waals surface area (Å²) in [5, 5.41) is -0.188. The highest BCUT2D eigenvalue weighted by molar-refractivity contribution is 7.91. The molecule has 9 heteroatoms. The largest absolute Gasteiger partial charge is 0.327 e. The zero-order valence-electron chi connectivity index (χ0n) is 19.6. The van der Waals surface area contributed by atoms with Gasteiger partial charge in [-0.15, -0.1) is 0 Å². The molecule has 0 atom stereocenters. The van der Waals surface area contributed by atoms with E-state index in [1.165, 1.54) is 44.2 Å². The molecular formula is C24H31N3O4S2. The van der Waals surface area contributed by atoms with Crippen molar-refractivity contribution in [1.82, 2.24) is 14.5 Å². The first-order chi connectivity index (χ1) is 15.4. The number of rotatable bonds is 5. The van der Waals surface area contributed by atoms with Gasteiger partial charge < -0.3 is 4.57 Å². The maximum absolute atomic E-state index is 13.2. The minimum Gasteiger partial charge on any atom is -0.327 e. The molecule has 7 nitrogen and oxygen atoms in total. The van der Waals surface area contributed by atoms with E-state index in [9.17, 15) is 16.8 Å². The Morgan fingerprint density at radius 1 is 0.970 bits per heavy atom. The molecule has 178 valence electrons. The molecule has 2 heterocycles. The van der Waals surface area contributed by atoms with Crippen molar-refractivity contribution in [2.75, 3.05) is 6.26 Å². The van der Waals surface area contributed by atoms with Gasteiger partial charge in [0.1, 0.15) is 5.82 Å². The van der Waals surface area contributed by atoms with E-state index in [-0.39, 0.29) is 20.2 Å². The van der Waals surface area contributed by atoms with Crippen molar-refractivity contribution < 1.29 is 16.8 Å². The molecule has 0 aliphatic heterocycles. The van der Waals surface area contributed by atoms with E-state index in [1.807, 2.05) is 6.07 Å². The zero-order chi connectivity index (χ0) is 24.0. The minimum atomic E-state index is -3.91. The van der Waals surface area contributed by atoms with Gasteiger partial charge in [-0.25, -0.2) is 26.8 Å². The predicted octanol–water partition coefficient (Wildman–Crippen LogP) is 4.55. The summed E-state index contributed by atoms with van der Waals surface area (Å²) in [7, 11) is -7.37. The van der Waals surface area contributed by atoms with Crippen LogP contribution in [0.4, 0.5) is 0 Å². The van der Waals surface area contributed by atoms with Crippen LogP contribution in [0.1, 0.15) is 58.7 Å². The Bertz CT molecular complexity index is 1380. The predicted molar refractivity (Wildman–Crippen MR) is 128 cm³/mol. The molecular weight excluding hydrogens is 458 g/mol. The van der Waals surface area contributed by atoms with Crippen LogP contribution in [0.15, 0.2) is 51.3 Å². The molecule has 1 saturated carbocycles. The molecule has 1 aliphatic rings. The molecule has 1 aromatic carbocycles. The van der Waals surface area contributed by atoms with Crippen LogP contribution in [0.25, 0.3) is 11.0 Å². The molecule has 4 rings (SSSR count). The first-order valence-corrected chi connectivity index (χ1v) is 14.7. The molecule has 0 bridgehead atoms. The van der Waals surface area contributed by atoms with E-state index in [0.717, 1.165) is 30.3 Å². The molecule has 0 N–H and O–H groups in total. The van der Waals surface area contributed by atoms with Gasteiger partial charge >= 0.3 is 0 Å². The molecule has 1 aliphatic carbocycles. The fourth-order valence-electron chi connectivity index (χ4n) is 4.53. The van der Waals surface area contributed by atoms with Crippen LogP contribution in [-0.2, 0) is 31.6 Å². The Hall–Kier alpha value is -2.26. The van der Waals surface area contributed by atoms with Gasteiger partial charge in [-0.3, -0.25) is 0 Å². The first-order valence-electron chi connectivity index (χ1n) is 11.3. The average Bonchev–Trinajstić information content (AvgIpc) is 3.12. The van der Waals surface area contributed by atoms with Crippen molar-refractivity contribution in [3.63, 3.8) is 0 Å². The standard InChI is InChI=1S/C24H31N3O4S2/c1-24(2,3)23-26-20-14-18(10-12-21(20)27(23)16-17-8-6-5-7-9-17)33(30,31)22-13-11-19(15-25-22)32(4,28)29/h10-15,17H,5-9,16H2,1-4H3. The topological polar surface area (TPSA) is 99.0 Å². The first kappa shape index (κ1) is 23.9. The average molecular weight is 490 g/mol. The Morgan fingerprint density at radius 2 is 1.64 bits per heavy atom. The number of hydrogen-bond acceptors (Lipinski definition) is 6. The van der Waals surface area contributed by atoms with E-state index < -0.39 is 19.7 Å². The van der Waals surface area contributed by atoms with Gasteiger partial charge in [0.25, 0.3) is 0 Å². The van der Waals surface area contributed by atoms with Crippen molar-refractivity contribution in [2.24, 2.45) is 5.92 Å². The van der Waals surface area contributed by atoms with Crippen LogP contribution in [0.3, 0.4) is 0 Å². The third kappa shape index (κ3) is 4.84. The van der Waals surface area contributed by atoms with Gasteiger partial charge in [0.2, 0.25) is 9.84 Å². The fraction of sp³-hybridized carbons (Fsp3) is 0.500.